The number of hydrogen-bond donors (Lipinski definition) is 2. The van der Waals surface area contributed by atoms with E-state index in [1.54, 1.807) is 6.20 Å². The first kappa shape index (κ1) is 11.0. The van der Waals surface area contributed by atoms with Crippen molar-refractivity contribution in [3.05, 3.63) is 24.0 Å². The highest BCUT2D eigenvalue weighted by molar-refractivity contribution is 5.49. The van der Waals surface area contributed by atoms with Crippen molar-refractivity contribution < 1.29 is 0 Å². The van der Waals surface area contributed by atoms with Crippen molar-refractivity contribution in [3.8, 4) is 0 Å². The summed E-state index contributed by atoms with van der Waals surface area (Å²) in [4.78, 5) is 4.05. The highest BCUT2D eigenvalue weighted by Gasteiger charge is 2.11. The molecule has 14 heavy (non-hydrogen) atoms. The lowest BCUT2D eigenvalue weighted by Gasteiger charge is -2.22. The number of nitrogens with one attached hydrogen (secondary N) is 1. The zero-order chi connectivity index (χ0) is 10.6. The van der Waals surface area contributed by atoms with E-state index in [0.29, 0.717) is 18.5 Å². The molecule has 1 atom stereocenters. The number of nitrogens with two attached hydrogens (primary N) is 1. The molecule has 3 N–H and O–H groups in total. The van der Waals surface area contributed by atoms with E-state index in [1.807, 2.05) is 19.2 Å². The van der Waals surface area contributed by atoms with Crippen LogP contribution in [0.1, 0.15) is 19.4 Å². The first-order valence-electron chi connectivity index (χ1n) is 5.02. The second kappa shape index (κ2) is 4.96. The van der Waals surface area contributed by atoms with E-state index >= 15 is 0 Å². The van der Waals surface area contributed by atoms with E-state index in [-0.39, 0.29) is 0 Å². The molecule has 0 amide bonds. The van der Waals surface area contributed by atoms with Crippen LogP contribution in [0.5, 0.6) is 0 Å². The molecule has 3 nitrogen and oxygen atoms in total. The lowest BCUT2D eigenvalue weighted by atomic mass is 10.0. The van der Waals surface area contributed by atoms with Gasteiger partial charge in [-0.1, -0.05) is 13.8 Å². The molecule has 0 aliphatic carbocycles. The number of anilines is 1. The van der Waals surface area contributed by atoms with Crippen LogP contribution in [0.15, 0.2) is 18.5 Å². The topological polar surface area (TPSA) is 50.9 Å². The normalized spacial score (nSPS) is 12.9. The first-order chi connectivity index (χ1) is 6.65. The molecule has 0 bridgehead atoms. The molecule has 1 aromatic heterocycles. The SMILES string of the molecule is Cc1cnccc1NC(CN)C(C)C. The number of aryl methyl sites for hydroxylation is 1. The molecule has 0 spiro atoms. The Balaban J connectivity index is 2.72. The van der Waals surface area contributed by atoms with Gasteiger partial charge in [-0.05, 0) is 24.5 Å². The summed E-state index contributed by atoms with van der Waals surface area (Å²) in [6.07, 6.45) is 3.65. The Kier molecular flexibility index (Phi) is 3.89. The Labute approximate surface area is 85.7 Å². The molecule has 0 aliphatic rings. The third-order valence-electron chi connectivity index (χ3n) is 2.42. The van der Waals surface area contributed by atoms with Crippen molar-refractivity contribution in [2.45, 2.75) is 26.8 Å². The number of nitrogens with zero attached hydrogens (tertiary/aromatic N) is 1. The smallest absolute Gasteiger partial charge is 0.0406 e. The van der Waals surface area contributed by atoms with Crippen LogP contribution in [0.3, 0.4) is 0 Å². The highest BCUT2D eigenvalue weighted by Crippen LogP contribution is 2.15. The zero-order valence-corrected chi connectivity index (χ0v) is 9.12. The molecule has 0 radical (unpaired) electrons. The number of hydrogen-bond acceptors (Lipinski definition) is 3. The van der Waals surface area contributed by atoms with Crippen molar-refractivity contribution >= 4 is 5.69 Å². The number of aromatic nitrogens is 1. The minimum Gasteiger partial charge on any atom is -0.380 e. The van der Waals surface area contributed by atoms with Gasteiger partial charge in [0.25, 0.3) is 0 Å². The summed E-state index contributed by atoms with van der Waals surface area (Å²) >= 11 is 0. The third-order valence-corrected chi connectivity index (χ3v) is 2.42. The number of rotatable bonds is 4. The Morgan fingerprint density at radius 3 is 2.71 bits per heavy atom. The van der Waals surface area contributed by atoms with Crippen LogP contribution in [0.4, 0.5) is 5.69 Å². The van der Waals surface area contributed by atoms with Gasteiger partial charge in [0.15, 0.2) is 0 Å². The van der Waals surface area contributed by atoms with Gasteiger partial charge in [0.1, 0.15) is 0 Å². The van der Waals surface area contributed by atoms with Crippen molar-refractivity contribution in [3.63, 3.8) is 0 Å². The van der Waals surface area contributed by atoms with Crippen molar-refractivity contribution in [1.82, 2.24) is 4.98 Å². The lowest BCUT2D eigenvalue weighted by molar-refractivity contribution is 0.531. The summed E-state index contributed by atoms with van der Waals surface area (Å²) < 4.78 is 0. The zero-order valence-electron chi connectivity index (χ0n) is 9.12. The molecule has 1 rings (SSSR count). The molecular weight excluding hydrogens is 174 g/mol. The summed E-state index contributed by atoms with van der Waals surface area (Å²) in [5.41, 5.74) is 7.98. The number of pyridine rings is 1. The fourth-order valence-electron chi connectivity index (χ4n) is 1.33. The summed E-state index contributed by atoms with van der Waals surface area (Å²) in [5.74, 6) is 0.535. The summed E-state index contributed by atoms with van der Waals surface area (Å²) in [5, 5.41) is 3.43. The summed E-state index contributed by atoms with van der Waals surface area (Å²) in [6, 6.07) is 2.32. The molecular formula is C11H19N3. The average Bonchev–Trinajstić information content (AvgIpc) is 2.16. The van der Waals surface area contributed by atoms with Crippen LogP contribution in [-0.2, 0) is 0 Å². The fourth-order valence-corrected chi connectivity index (χ4v) is 1.33. The van der Waals surface area contributed by atoms with Crippen LogP contribution in [-0.4, -0.2) is 17.6 Å². The average molecular weight is 193 g/mol. The molecule has 78 valence electrons. The lowest BCUT2D eigenvalue weighted by Crippen LogP contribution is -2.33. The van der Waals surface area contributed by atoms with Gasteiger partial charge in [-0.15, -0.1) is 0 Å². The van der Waals surface area contributed by atoms with Gasteiger partial charge < -0.3 is 11.1 Å². The standard InChI is InChI=1S/C11H19N3/c1-8(2)11(6-12)14-10-4-5-13-7-9(10)3/h4-5,7-8,11H,6,12H2,1-3H3,(H,13,14). The van der Waals surface area contributed by atoms with Crippen LogP contribution in [0.25, 0.3) is 0 Å². The fraction of sp³-hybridized carbons (Fsp3) is 0.545. The minimum absolute atomic E-state index is 0.330. The molecule has 0 aliphatic heterocycles. The van der Waals surface area contributed by atoms with Gasteiger partial charge in [0.2, 0.25) is 0 Å². The van der Waals surface area contributed by atoms with Gasteiger partial charge in [-0.3, -0.25) is 4.98 Å². The van der Waals surface area contributed by atoms with Crippen molar-refractivity contribution in [2.24, 2.45) is 11.7 Å². The van der Waals surface area contributed by atoms with Crippen molar-refractivity contribution in [2.75, 3.05) is 11.9 Å². The molecule has 0 saturated carbocycles. The maximum absolute atomic E-state index is 5.69. The van der Waals surface area contributed by atoms with Gasteiger partial charge in [0, 0.05) is 30.7 Å². The first-order valence-corrected chi connectivity index (χ1v) is 5.02. The van der Waals surface area contributed by atoms with Gasteiger partial charge in [-0.25, -0.2) is 0 Å². The van der Waals surface area contributed by atoms with E-state index in [0.717, 1.165) is 11.3 Å². The van der Waals surface area contributed by atoms with Crippen LogP contribution < -0.4 is 11.1 Å². The second-order valence-electron chi connectivity index (χ2n) is 3.92. The Morgan fingerprint density at radius 1 is 1.50 bits per heavy atom. The van der Waals surface area contributed by atoms with E-state index < -0.39 is 0 Å². The highest BCUT2D eigenvalue weighted by atomic mass is 14.9. The second-order valence-corrected chi connectivity index (χ2v) is 3.92. The van der Waals surface area contributed by atoms with E-state index in [1.165, 1.54) is 0 Å². The largest absolute Gasteiger partial charge is 0.380 e. The van der Waals surface area contributed by atoms with Gasteiger partial charge in [0.05, 0.1) is 0 Å². The van der Waals surface area contributed by atoms with Crippen molar-refractivity contribution in [1.29, 1.82) is 0 Å². The molecule has 0 saturated heterocycles. The Hall–Kier alpha value is -1.09. The minimum atomic E-state index is 0.330. The third kappa shape index (κ3) is 2.70. The van der Waals surface area contributed by atoms with E-state index in [2.05, 4.69) is 24.1 Å². The molecule has 1 heterocycles. The van der Waals surface area contributed by atoms with Gasteiger partial charge >= 0.3 is 0 Å². The maximum atomic E-state index is 5.69. The molecule has 0 fully saturated rings. The predicted octanol–water partition coefficient (Wildman–Crippen LogP) is 1.79. The Morgan fingerprint density at radius 2 is 2.21 bits per heavy atom. The van der Waals surface area contributed by atoms with Crippen LogP contribution in [0, 0.1) is 12.8 Å². The Bertz CT molecular complexity index is 284. The molecule has 3 heteroatoms. The summed E-state index contributed by atoms with van der Waals surface area (Å²) in [7, 11) is 0. The maximum Gasteiger partial charge on any atom is 0.0406 e. The monoisotopic (exact) mass is 193 g/mol. The molecule has 1 unspecified atom stereocenters. The van der Waals surface area contributed by atoms with Crippen LogP contribution >= 0.6 is 0 Å². The predicted molar refractivity (Wildman–Crippen MR) is 60.3 cm³/mol. The molecule has 1 aromatic rings. The van der Waals surface area contributed by atoms with Gasteiger partial charge in [-0.2, -0.15) is 0 Å². The van der Waals surface area contributed by atoms with E-state index in [9.17, 15) is 0 Å². The quantitative estimate of drug-likeness (QED) is 0.766. The van der Waals surface area contributed by atoms with Crippen LogP contribution in [0.2, 0.25) is 0 Å². The summed E-state index contributed by atoms with van der Waals surface area (Å²) in [6.45, 7) is 7.03. The molecule has 0 aromatic carbocycles. The van der Waals surface area contributed by atoms with E-state index in [4.69, 9.17) is 5.73 Å².